The molecule has 1 saturated carbocycles. The number of anilines is 1. The molecule has 0 bridgehead atoms. The Balaban J connectivity index is 1.77. The molecule has 0 aromatic heterocycles. The Morgan fingerprint density at radius 3 is 2.40 bits per heavy atom. The van der Waals surface area contributed by atoms with Crippen molar-refractivity contribution in [1.82, 2.24) is 4.90 Å². The van der Waals surface area contributed by atoms with Crippen molar-refractivity contribution in [3.8, 4) is 0 Å². The zero-order valence-electron chi connectivity index (χ0n) is 16.8. The highest BCUT2D eigenvalue weighted by Gasteiger charge is 2.50. The molecule has 1 heterocycles. The van der Waals surface area contributed by atoms with Crippen LogP contribution in [0.5, 0.6) is 0 Å². The predicted octanol–water partition coefficient (Wildman–Crippen LogP) is 4.74. The minimum atomic E-state index is -4.51. The van der Waals surface area contributed by atoms with Gasteiger partial charge in [0, 0.05) is 6.42 Å². The van der Waals surface area contributed by atoms with E-state index in [0.717, 1.165) is 32.6 Å². The number of benzene rings is 1. The van der Waals surface area contributed by atoms with Gasteiger partial charge in [0.2, 0.25) is 5.91 Å². The molecule has 2 aliphatic rings. The number of nitrogens with zero attached hydrogens (tertiary/aromatic N) is 1. The van der Waals surface area contributed by atoms with Crippen molar-refractivity contribution < 1.29 is 27.9 Å². The maximum absolute atomic E-state index is 13.5. The Morgan fingerprint density at radius 1 is 1.23 bits per heavy atom. The molecule has 1 aliphatic carbocycles. The Hall–Kier alpha value is -1.80. The van der Waals surface area contributed by atoms with Crippen LogP contribution in [0.3, 0.4) is 0 Å². The first-order chi connectivity index (χ1) is 14.0. The summed E-state index contributed by atoms with van der Waals surface area (Å²) in [4.78, 5) is 25.4. The molecule has 2 N–H and O–H groups in total. The van der Waals surface area contributed by atoms with Gasteiger partial charge in [0.15, 0.2) is 0 Å². The highest BCUT2D eigenvalue weighted by molar-refractivity contribution is 6.33. The SMILES string of the molecule is C[C@H]([C@H](C(=O)Nc1cc(CCC(=O)O)ccc1Cl)N1CCC2(CC1)CC2)C(F)(F)F. The van der Waals surface area contributed by atoms with Gasteiger partial charge in [0.1, 0.15) is 6.04 Å². The van der Waals surface area contributed by atoms with Crippen molar-refractivity contribution in [1.29, 1.82) is 0 Å². The van der Waals surface area contributed by atoms with E-state index >= 15 is 0 Å². The first-order valence-corrected chi connectivity index (χ1v) is 10.5. The first kappa shape index (κ1) is 22.9. The molecule has 1 saturated heterocycles. The molecule has 1 amide bonds. The molecule has 0 radical (unpaired) electrons. The Bertz CT molecular complexity index is 801. The van der Waals surface area contributed by atoms with Crippen LogP contribution in [0.1, 0.15) is 44.6 Å². The third kappa shape index (κ3) is 5.46. The summed E-state index contributed by atoms with van der Waals surface area (Å²) in [6.07, 6.45) is -0.524. The van der Waals surface area contributed by atoms with Crippen LogP contribution >= 0.6 is 11.6 Å². The summed E-state index contributed by atoms with van der Waals surface area (Å²) < 4.78 is 40.6. The molecule has 1 aromatic carbocycles. The van der Waals surface area contributed by atoms with Crippen LogP contribution in [0.4, 0.5) is 18.9 Å². The second-order valence-electron chi connectivity index (χ2n) is 8.51. The third-order valence-electron chi connectivity index (χ3n) is 6.38. The number of carbonyl (C=O) groups is 2. The molecule has 166 valence electrons. The van der Waals surface area contributed by atoms with E-state index in [0.29, 0.717) is 18.7 Å². The monoisotopic (exact) mass is 446 g/mol. The summed E-state index contributed by atoms with van der Waals surface area (Å²) in [5.41, 5.74) is 1.10. The van der Waals surface area contributed by atoms with Crippen molar-refractivity contribution in [2.75, 3.05) is 18.4 Å². The van der Waals surface area contributed by atoms with Gasteiger partial charge in [-0.25, -0.2) is 0 Å². The zero-order valence-corrected chi connectivity index (χ0v) is 17.5. The van der Waals surface area contributed by atoms with E-state index in [-0.39, 0.29) is 29.0 Å². The zero-order chi connectivity index (χ0) is 22.1. The number of aliphatic carboxylic acids is 1. The normalized spacial score (nSPS) is 20.6. The number of carbonyl (C=O) groups excluding carboxylic acids is 1. The topological polar surface area (TPSA) is 69.6 Å². The Labute approximate surface area is 178 Å². The minimum Gasteiger partial charge on any atom is -0.481 e. The van der Waals surface area contributed by atoms with Gasteiger partial charge in [-0.3, -0.25) is 14.5 Å². The van der Waals surface area contributed by atoms with Gasteiger partial charge in [-0.15, -0.1) is 0 Å². The van der Waals surface area contributed by atoms with Crippen LogP contribution in [0, 0.1) is 11.3 Å². The molecule has 2 atom stereocenters. The second-order valence-corrected chi connectivity index (χ2v) is 8.92. The minimum absolute atomic E-state index is 0.0989. The largest absolute Gasteiger partial charge is 0.481 e. The van der Waals surface area contributed by atoms with Gasteiger partial charge in [0.05, 0.1) is 16.6 Å². The molecule has 1 aromatic rings. The van der Waals surface area contributed by atoms with Crippen LogP contribution in [0.25, 0.3) is 0 Å². The summed E-state index contributed by atoms with van der Waals surface area (Å²) in [6.45, 7) is 1.96. The fourth-order valence-electron chi connectivity index (χ4n) is 4.12. The number of piperidine rings is 1. The predicted molar refractivity (Wildman–Crippen MR) is 108 cm³/mol. The van der Waals surface area contributed by atoms with E-state index in [1.54, 1.807) is 11.0 Å². The standard InChI is InChI=1S/C21H26ClF3N2O3/c1-13(21(23,24)25)18(27-10-8-20(6-7-20)9-11-27)19(30)26-16-12-14(2-4-15(16)22)3-5-17(28)29/h2,4,12-13,18H,3,5-11H2,1H3,(H,26,30)(H,28,29)/t13-,18-/m1/s1. The number of nitrogens with one attached hydrogen (secondary N) is 1. The number of carboxylic acids is 1. The number of hydrogen-bond acceptors (Lipinski definition) is 3. The van der Waals surface area contributed by atoms with E-state index in [4.69, 9.17) is 16.7 Å². The van der Waals surface area contributed by atoms with Crippen molar-refractivity contribution in [2.24, 2.45) is 11.3 Å². The lowest BCUT2D eigenvalue weighted by molar-refractivity contribution is -0.189. The van der Waals surface area contributed by atoms with Gasteiger partial charge in [-0.2, -0.15) is 13.2 Å². The Morgan fingerprint density at radius 2 is 1.87 bits per heavy atom. The van der Waals surface area contributed by atoms with Gasteiger partial charge >= 0.3 is 12.1 Å². The van der Waals surface area contributed by atoms with Crippen molar-refractivity contribution in [2.45, 2.75) is 57.7 Å². The number of rotatable bonds is 7. The number of halogens is 4. The van der Waals surface area contributed by atoms with Gasteiger partial charge < -0.3 is 10.4 Å². The molecule has 2 fully saturated rings. The highest BCUT2D eigenvalue weighted by atomic mass is 35.5. The smallest absolute Gasteiger partial charge is 0.393 e. The van der Waals surface area contributed by atoms with Gasteiger partial charge in [-0.1, -0.05) is 24.6 Å². The molecule has 0 unspecified atom stereocenters. The maximum atomic E-state index is 13.5. The first-order valence-electron chi connectivity index (χ1n) is 10.1. The summed E-state index contributed by atoms with van der Waals surface area (Å²) in [5.74, 6) is -3.54. The molecule has 5 nitrogen and oxygen atoms in total. The van der Waals surface area contributed by atoms with Crippen LogP contribution in [-0.2, 0) is 16.0 Å². The number of alkyl halides is 3. The highest BCUT2D eigenvalue weighted by Crippen LogP contribution is 2.54. The molecule has 3 rings (SSSR count). The van der Waals surface area contributed by atoms with Crippen LogP contribution in [-0.4, -0.2) is 47.2 Å². The van der Waals surface area contributed by atoms with E-state index in [1.165, 1.54) is 12.1 Å². The fourth-order valence-corrected chi connectivity index (χ4v) is 4.29. The van der Waals surface area contributed by atoms with Crippen molar-refractivity contribution in [3.05, 3.63) is 28.8 Å². The van der Waals surface area contributed by atoms with Crippen LogP contribution in [0.15, 0.2) is 18.2 Å². The second kappa shape index (κ2) is 8.75. The van der Waals surface area contributed by atoms with E-state index in [1.807, 2.05) is 0 Å². The summed E-state index contributed by atoms with van der Waals surface area (Å²) in [6, 6.07) is 3.32. The van der Waals surface area contributed by atoms with E-state index in [9.17, 15) is 22.8 Å². The Kier molecular flexibility index (Phi) is 6.67. The van der Waals surface area contributed by atoms with Gasteiger partial charge in [0.25, 0.3) is 0 Å². The summed E-state index contributed by atoms with van der Waals surface area (Å²) in [5, 5.41) is 11.6. The molecule has 30 heavy (non-hydrogen) atoms. The average Bonchev–Trinajstić information content (AvgIpc) is 3.42. The van der Waals surface area contributed by atoms with Gasteiger partial charge in [-0.05, 0) is 68.3 Å². The number of aryl methyl sites for hydroxylation is 1. The molecule has 1 aliphatic heterocycles. The summed E-state index contributed by atoms with van der Waals surface area (Å²) in [7, 11) is 0. The molecular weight excluding hydrogens is 421 g/mol. The third-order valence-corrected chi connectivity index (χ3v) is 6.71. The molecular formula is C21H26ClF3N2O3. The van der Waals surface area contributed by atoms with Crippen LogP contribution < -0.4 is 5.32 Å². The van der Waals surface area contributed by atoms with E-state index in [2.05, 4.69) is 5.32 Å². The number of amides is 1. The lowest BCUT2D eigenvalue weighted by Gasteiger charge is -2.40. The average molecular weight is 447 g/mol. The fraction of sp³-hybridized carbons (Fsp3) is 0.619. The van der Waals surface area contributed by atoms with Crippen molar-refractivity contribution >= 4 is 29.2 Å². The molecule has 1 spiro atoms. The number of carboxylic acid groups (broad SMARTS) is 1. The lowest BCUT2D eigenvalue weighted by Crippen LogP contribution is -2.54. The lowest BCUT2D eigenvalue weighted by atomic mass is 9.90. The quantitative estimate of drug-likeness (QED) is 0.634. The summed E-state index contributed by atoms with van der Waals surface area (Å²) >= 11 is 6.14. The van der Waals surface area contributed by atoms with Crippen molar-refractivity contribution in [3.63, 3.8) is 0 Å². The number of hydrogen-bond donors (Lipinski definition) is 2. The molecule has 9 heteroatoms. The van der Waals surface area contributed by atoms with E-state index < -0.39 is 30.0 Å². The number of likely N-dealkylation sites (tertiary alicyclic amines) is 1. The van der Waals surface area contributed by atoms with Crippen LogP contribution in [0.2, 0.25) is 5.02 Å². The maximum Gasteiger partial charge on any atom is 0.393 e.